The molecule has 0 bridgehead atoms. The van der Waals surface area contributed by atoms with Gasteiger partial charge >= 0.3 is 5.97 Å². The van der Waals surface area contributed by atoms with E-state index in [1.54, 1.807) is 20.8 Å². The van der Waals surface area contributed by atoms with Gasteiger partial charge < -0.3 is 4.74 Å². The third-order valence-electron chi connectivity index (χ3n) is 1.02. The van der Waals surface area contributed by atoms with Crippen molar-refractivity contribution in [2.75, 3.05) is 13.2 Å². The van der Waals surface area contributed by atoms with Crippen LogP contribution in [-0.2, 0) is 19.3 Å². The molecule has 0 spiro atoms. The number of ether oxygens (including phenoxy) is 1. The van der Waals surface area contributed by atoms with Crippen LogP contribution in [0.2, 0.25) is 0 Å². The van der Waals surface area contributed by atoms with Gasteiger partial charge in [-0.2, -0.15) is 4.89 Å². The Morgan fingerprint density at radius 2 is 2.00 bits per heavy atom. The summed E-state index contributed by atoms with van der Waals surface area (Å²) < 4.78 is 4.96. The highest BCUT2D eigenvalue weighted by Crippen LogP contribution is 2.00. The minimum atomic E-state index is -0.596. The molecule has 0 radical (unpaired) electrons. The van der Waals surface area contributed by atoms with Gasteiger partial charge in [-0.3, -0.25) is 4.89 Å². The van der Waals surface area contributed by atoms with Crippen LogP contribution < -0.4 is 0 Å². The van der Waals surface area contributed by atoms with Gasteiger partial charge in [0.25, 0.3) is 0 Å². The molecular weight excluding hydrogens is 160 g/mol. The Kier molecular flexibility index (Phi) is 6.09. The number of hydrogen-bond acceptors (Lipinski definition) is 4. The molecule has 0 N–H and O–H groups in total. The lowest BCUT2D eigenvalue weighted by molar-refractivity contribution is -0.268. The molecule has 0 aromatic rings. The Bertz CT molecular complexity index is 162. The van der Waals surface area contributed by atoms with E-state index < -0.39 is 5.97 Å². The molecule has 0 amide bonds. The third kappa shape index (κ3) is 3.98. The van der Waals surface area contributed by atoms with Crippen LogP contribution in [0.25, 0.3) is 0 Å². The van der Waals surface area contributed by atoms with Gasteiger partial charge in [-0.05, 0) is 26.8 Å². The van der Waals surface area contributed by atoms with Crippen molar-refractivity contribution < 1.29 is 19.3 Å². The number of carbonyl (C=O) groups is 1. The summed E-state index contributed by atoms with van der Waals surface area (Å²) >= 11 is 0. The second-order valence-corrected chi connectivity index (χ2v) is 1.86. The first kappa shape index (κ1) is 11.0. The highest BCUT2D eigenvalue weighted by molar-refractivity contribution is 5.85. The summed E-state index contributed by atoms with van der Waals surface area (Å²) in [4.78, 5) is 19.8. The van der Waals surface area contributed by atoms with E-state index in [1.807, 2.05) is 0 Å². The Morgan fingerprint density at radius 1 is 1.33 bits per heavy atom. The Balaban J connectivity index is 3.87. The van der Waals surface area contributed by atoms with Gasteiger partial charge in [0.15, 0.2) is 0 Å². The van der Waals surface area contributed by atoms with Crippen LogP contribution in [0.15, 0.2) is 11.8 Å². The zero-order valence-electron chi connectivity index (χ0n) is 7.62. The Hall–Kier alpha value is -1.03. The van der Waals surface area contributed by atoms with E-state index in [1.165, 1.54) is 6.08 Å². The van der Waals surface area contributed by atoms with Crippen molar-refractivity contribution in [2.45, 2.75) is 20.8 Å². The molecule has 0 saturated heterocycles. The van der Waals surface area contributed by atoms with Gasteiger partial charge in [0.05, 0.1) is 13.2 Å². The number of rotatable bonds is 5. The van der Waals surface area contributed by atoms with Crippen molar-refractivity contribution in [3.8, 4) is 0 Å². The predicted molar refractivity (Wildman–Crippen MR) is 43.1 cm³/mol. The second kappa shape index (κ2) is 6.67. The Morgan fingerprint density at radius 3 is 2.42 bits per heavy atom. The summed E-state index contributed by atoms with van der Waals surface area (Å²) in [6.07, 6.45) is 1.53. The summed E-state index contributed by atoms with van der Waals surface area (Å²) in [6, 6.07) is 0. The van der Waals surface area contributed by atoms with Gasteiger partial charge in [0.2, 0.25) is 5.76 Å². The Labute approximate surface area is 72.0 Å². The second-order valence-electron chi connectivity index (χ2n) is 1.86. The smallest absolute Gasteiger partial charge is 0.406 e. The van der Waals surface area contributed by atoms with Crippen molar-refractivity contribution in [1.82, 2.24) is 0 Å². The summed E-state index contributed by atoms with van der Waals surface area (Å²) in [5, 5.41) is 0. The molecule has 0 unspecified atom stereocenters. The maximum Gasteiger partial charge on any atom is 0.406 e. The molecule has 4 heteroatoms. The molecule has 0 aromatic heterocycles. The fourth-order valence-electron chi connectivity index (χ4n) is 0.569. The summed E-state index contributed by atoms with van der Waals surface area (Å²) in [5.41, 5.74) is 0. The third-order valence-corrected chi connectivity index (χ3v) is 1.02. The lowest BCUT2D eigenvalue weighted by atomic mass is 10.5. The van der Waals surface area contributed by atoms with Crippen molar-refractivity contribution in [1.29, 1.82) is 0 Å². The molecule has 0 aliphatic carbocycles. The van der Waals surface area contributed by atoms with Gasteiger partial charge in [0.1, 0.15) is 0 Å². The first-order valence-corrected chi connectivity index (χ1v) is 3.89. The van der Waals surface area contributed by atoms with Gasteiger partial charge in [-0.15, -0.1) is 0 Å². The summed E-state index contributed by atoms with van der Waals surface area (Å²) in [5.74, 6) is -0.424. The fraction of sp³-hybridized carbons (Fsp3) is 0.625. The largest absolute Gasteiger partial charge is 0.487 e. The van der Waals surface area contributed by atoms with E-state index in [0.717, 1.165) is 0 Å². The van der Waals surface area contributed by atoms with E-state index in [2.05, 4.69) is 9.78 Å². The zero-order valence-corrected chi connectivity index (χ0v) is 7.62. The molecule has 0 saturated carbocycles. The standard InChI is InChI=1S/C8H14O4/c1-4-7(10-5-2)8(9)12-11-6-3/h4H,5-6H2,1-3H3. The van der Waals surface area contributed by atoms with Crippen molar-refractivity contribution in [3.63, 3.8) is 0 Å². The van der Waals surface area contributed by atoms with E-state index in [-0.39, 0.29) is 5.76 Å². The van der Waals surface area contributed by atoms with E-state index in [4.69, 9.17) is 4.74 Å². The SMILES string of the molecule is CC=C(OCC)C(=O)OOCC. The van der Waals surface area contributed by atoms with E-state index in [9.17, 15) is 4.79 Å². The highest BCUT2D eigenvalue weighted by atomic mass is 17.2. The van der Waals surface area contributed by atoms with Gasteiger partial charge in [-0.1, -0.05) is 0 Å². The first-order chi connectivity index (χ1) is 5.76. The van der Waals surface area contributed by atoms with E-state index >= 15 is 0 Å². The molecule has 0 heterocycles. The quantitative estimate of drug-likeness (QED) is 0.273. The molecular formula is C8H14O4. The van der Waals surface area contributed by atoms with Gasteiger partial charge in [0, 0.05) is 0 Å². The first-order valence-electron chi connectivity index (χ1n) is 3.89. The van der Waals surface area contributed by atoms with Crippen LogP contribution in [0.5, 0.6) is 0 Å². The molecule has 12 heavy (non-hydrogen) atoms. The maximum atomic E-state index is 11.0. The number of allylic oxidation sites excluding steroid dienone is 1. The van der Waals surface area contributed by atoms with Crippen molar-refractivity contribution >= 4 is 5.97 Å². The molecule has 0 fully saturated rings. The molecule has 4 nitrogen and oxygen atoms in total. The fourth-order valence-corrected chi connectivity index (χ4v) is 0.569. The van der Waals surface area contributed by atoms with Crippen molar-refractivity contribution in [2.24, 2.45) is 0 Å². The van der Waals surface area contributed by atoms with Crippen LogP contribution in [0.1, 0.15) is 20.8 Å². The van der Waals surface area contributed by atoms with Crippen LogP contribution in [0, 0.1) is 0 Å². The molecule has 0 rings (SSSR count). The molecule has 70 valence electrons. The van der Waals surface area contributed by atoms with Crippen LogP contribution in [-0.4, -0.2) is 19.2 Å². The molecule has 0 atom stereocenters. The topological polar surface area (TPSA) is 44.8 Å². The summed E-state index contributed by atoms with van der Waals surface area (Å²) in [7, 11) is 0. The minimum Gasteiger partial charge on any atom is -0.487 e. The highest BCUT2D eigenvalue weighted by Gasteiger charge is 2.11. The average Bonchev–Trinajstić information content (AvgIpc) is 2.10. The minimum absolute atomic E-state index is 0.172. The lowest BCUT2D eigenvalue weighted by Gasteiger charge is -2.05. The number of carbonyl (C=O) groups excluding carboxylic acids is 1. The van der Waals surface area contributed by atoms with Crippen LogP contribution in [0.4, 0.5) is 0 Å². The van der Waals surface area contributed by atoms with Crippen LogP contribution in [0.3, 0.4) is 0 Å². The normalized spacial score (nSPS) is 11.1. The zero-order chi connectivity index (χ0) is 9.40. The predicted octanol–water partition coefficient (Wildman–Crippen LogP) is 1.42. The average molecular weight is 174 g/mol. The van der Waals surface area contributed by atoms with E-state index in [0.29, 0.717) is 13.2 Å². The van der Waals surface area contributed by atoms with Crippen molar-refractivity contribution in [3.05, 3.63) is 11.8 Å². The molecule has 0 aliphatic heterocycles. The van der Waals surface area contributed by atoms with Crippen LogP contribution >= 0.6 is 0 Å². The molecule has 0 aromatic carbocycles. The number of hydrogen-bond donors (Lipinski definition) is 0. The van der Waals surface area contributed by atoms with Gasteiger partial charge in [-0.25, -0.2) is 4.79 Å². The maximum absolute atomic E-state index is 11.0. The molecule has 0 aliphatic rings. The lowest BCUT2D eigenvalue weighted by Crippen LogP contribution is -2.11. The monoisotopic (exact) mass is 174 g/mol. The summed E-state index contributed by atoms with van der Waals surface area (Å²) in [6.45, 7) is 5.97.